The largest absolute Gasteiger partial charge is 0.492 e. The van der Waals surface area contributed by atoms with Gasteiger partial charge in [0.15, 0.2) is 0 Å². The summed E-state index contributed by atoms with van der Waals surface area (Å²) in [4.78, 5) is 0. The second kappa shape index (κ2) is 5.47. The Kier molecular flexibility index (Phi) is 3.80. The van der Waals surface area contributed by atoms with E-state index in [9.17, 15) is 0 Å². The lowest BCUT2D eigenvalue weighted by Crippen LogP contribution is -2.19. The first-order valence-electron chi connectivity index (χ1n) is 7.23. The molecule has 0 amide bonds. The fraction of sp³-hybridized carbons (Fsp3) is 0.333. The first kappa shape index (κ1) is 14.6. The van der Waals surface area contributed by atoms with Gasteiger partial charge in [-0.15, -0.1) is 0 Å². The quantitative estimate of drug-likeness (QED) is 0.896. The lowest BCUT2D eigenvalue weighted by Gasteiger charge is -2.18. The first-order valence-corrected chi connectivity index (χ1v) is 8.02. The van der Waals surface area contributed by atoms with E-state index in [1.165, 1.54) is 16.7 Å². The molecule has 2 nitrogen and oxygen atoms in total. The molecular formula is C18H20BrNO. The van der Waals surface area contributed by atoms with E-state index in [0.717, 1.165) is 23.2 Å². The molecule has 2 aromatic rings. The molecule has 1 heterocycles. The number of fused-ring (bicyclic) bond motifs is 1. The van der Waals surface area contributed by atoms with Gasteiger partial charge in [0.25, 0.3) is 0 Å². The number of ether oxygens (including phenoxy) is 1. The van der Waals surface area contributed by atoms with Crippen LogP contribution < -0.4 is 10.5 Å². The number of rotatable bonds is 3. The molecule has 0 bridgehead atoms. The van der Waals surface area contributed by atoms with Gasteiger partial charge in [0, 0.05) is 21.5 Å². The molecule has 0 fully saturated rings. The van der Waals surface area contributed by atoms with Gasteiger partial charge in [-0.25, -0.2) is 0 Å². The molecule has 0 saturated heterocycles. The zero-order valence-electron chi connectivity index (χ0n) is 12.4. The van der Waals surface area contributed by atoms with E-state index in [0.29, 0.717) is 0 Å². The summed E-state index contributed by atoms with van der Waals surface area (Å²) in [6.07, 6.45) is 0.833. The Morgan fingerprint density at radius 2 is 2.05 bits per heavy atom. The van der Waals surface area contributed by atoms with Crippen molar-refractivity contribution in [2.24, 2.45) is 5.73 Å². The third-order valence-electron chi connectivity index (χ3n) is 4.09. The van der Waals surface area contributed by atoms with Gasteiger partial charge in [-0.2, -0.15) is 0 Å². The molecule has 0 spiro atoms. The minimum Gasteiger partial charge on any atom is -0.492 e. The Bertz CT molecular complexity index is 666. The van der Waals surface area contributed by atoms with Crippen LogP contribution in [-0.4, -0.2) is 6.61 Å². The molecule has 3 heteroatoms. The normalized spacial score (nSPS) is 17.1. The van der Waals surface area contributed by atoms with Gasteiger partial charge in [-0.05, 0) is 41.8 Å². The van der Waals surface area contributed by atoms with Crippen molar-refractivity contribution in [2.45, 2.75) is 31.7 Å². The van der Waals surface area contributed by atoms with Gasteiger partial charge in [0.2, 0.25) is 0 Å². The van der Waals surface area contributed by atoms with Crippen molar-refractivity contribution in [1.82, 2.24) is 0 Å². The Morgan fingerprint density at radius 3 is 2.81 bits per heavy atom. The Labute approximate surface area is 134 Å². The summed E-state index contributed by atoms with van der Waals surface area (Å²) >= 11 is 3.51. The minimum absolute atomic E-state index is 0.000926. The van der Waals surface area contributed by atoms with Crippen molar-refractivity contribution in [3.63, 3.8) is 0 Å². The van der Waals surface area contributed by atoms with Crippen molar-refractivity contribution in [1.29, 1.82) is 0 Å². The summed E-state index contributed by atoms with van der Waals surface area (Å²) in [5.41, 5.74) is 10.2. The molecule has 2 N–H and O–H groups in total. The van der Waals surface area contributed by atoms with Crippen molar-refractivity contribution in [2.75, 3.05) is 6.61 Å². The van der Waals surface area contributed by atoms with Crippen LogP contribution in [0, 0.1) is 0 Å². The molecule has 1 aliphatic rings. The predicted molar refractivity (Wildman–Crippen MR) is 89.7 cm³/mol. The van der Waals surface area contributed by atoms with Crippen LogP contribution in [0.15, 0.2) is 46.9 Å². The molecule has 0 saturated carbocycles. The molecular weight excluding hydrogens is 326 g/mol. The number of nitrogens with two attached hydrogens (primary N) is 1. The third kappa shape index (κ3) is 2.99. The summed E-state index contributed by atoms with van der Waals surface area (Å²) in [7, 11) is 0. The van der Waals surface area contributed by atoms with Crippen LogP contribution in [0.5, 0.6) is 5.75 Å². The van der Waals surface area contributed by atoms with Crippen LogP contribution in [0.4, 0.5) is 0 Å². The molecule has 1 aliphatic heterocycles. The Balaban J connectivity index is 1.84. The molecule has 0 aromatic heterocycles. The van der Waals surface area contributed by atoms with E-state index in [2.05, 4.69) is 60.1 Å². The second-order valence-corrected chi connectivity index (χ2v) is 7.28. The van der Waals surface area contributed by atoms with E-state index < -0.39 is 0 Å². The highest BCUT2D eigenvalue weighted by Crippen LogP contribution is 2.39. The van der Waals surface area contributed by atoms with Gasteiger partial charge in [-0.1, -0.05) is 48.0 Å². The van der Waals surface area contributed by atoms with Crippen LogP contribution in [0.3, 0.4) is 0 Å². The van der Waals surface area contributed by atoms with E-state index in [-0.39, 0.29) is 11.5 Å². The number of hydrogen-bond acceptors (Lipinski definition) is 2. The minimum atomic E-state index is 0.000926. The highest BCUT2D eigenvalue weighted by atomic mass is 79.9. The molecule has 1 atom stereocenters. The summed E-state index contributed by atoms with van der Waals surface area (Å²) in [5.74, 6) is 0.999. The van der Waals surface area contributed by atoms with E-state index in [1.54, 1.807) is 0 Å². The lowest BCUT2D eigenvalue weighted by atomic mass is 9.85. The summed E-state index contributed by atoms with van der Waals surface area (Å²) in [6, 6.07) is 14.7. The standard InChI is InChI=1S/C18H20BrNO/c1-18(2)11-21-17-7-6-13(10-15(17)18)16(20)9-12-4-3-5-14(19)8-12/h3-8,10,16H,9,11,20H2,1-2H3. The predicted octanol–water partition coefficient (Wildman–Crippen LogP) is 4.36. The molecule has 1 unspecified atom stereocenters. The lowest BCUT2D eigenvalue weighted by molar-refractivity contribution is 0.291. The van der Waals surface area contributed by atoms with Gasteiger partial charge < -0.3 is 10.5 Å². The Hall–Kier alpha value is -1.32. The second-order valence-electron chi connectivity index (χ2n) is 6.37. The third-order valence-corrected chi connectivity index (χ3v) is 4.59. The highest BCUT2D eigenvalue weighted by molar-refractivity contribution is 9.10. The molecule has 2 aromatic carbocycles. The van der Waals surface area contributed by atoms with Crippen LogP contribution in [0.1, 0.15) is 36.6 Å². The zero-order valence-corrected chi connectivity index (χ0v) is 14.0. The van der Waals surface area contributed by atoms with Gasteiger partial charge in [0.1, 0.15) is 5.75 Å². The topological polar surface area (TPSA) is 35.2 Å². The van der Waals surface area contributed by atoms with Crippen molar-refractivity contribution in [3.05, 3.63) is 63.6 Å². The Morgan fingerprint density at radius 1 is 1.24 bits per heavy atom. The smallest absolute Gasteiger partial charge is 0.123 e. The van der Waals surface area contributed by atoms with Crippen LogP contribution in [0.25, 0.3) is 0 Å². The summed E-state index contributed by atoms with van der Waals surface area (Å²) in [6.45, 7) is 5.16. The van der Waals surface area contributed by atoms with Crippen molar-refractivity contribution in [3.8, 4) is 5.75 Å². The zero-order chi connectivity index (χ0) is 15.0. The average molecular weight is 346 g/mol. The summed E-state index contributed by atoms with van der Waals surface area (Å²) < 4.78 is 6.83. The number of halogens is 1. The van der Waals surface area contributed by atoms with E-state index in [1.807, 2.05) is 12.1 Å². The van der Waals surface area contributed by atoms with E-state index in [4.69, 9.17) is 10.5 Å². The van der Waals surface area contributed by atoms with E-state index >= 15 is 0 Å². The maximum Gasteiger partial charge on any atom is 0.123 e. The average Bonchev–Trinajstić information content (AvgIpc) is 2.74. The summed E-state index contributed by atoms with van der Waals surface area (Å²) in [5, 5.41) is 0. The first-order chi connectivity index (χ1) is 9.95. The highest BCUT2D eigenvalue weighted by Gasteiger charge is 2.32. The molecule has 0 aliphatic carbocycles. The van der Waals surface area contributed by atoms with Gasteiger partial charge in [0.05, 0.1) is 6.61 Å². The SMILES string of the molecule is CC1(C)COc2ccc(C(N)Cc3cccc(Br)c3)cc21. The fourth-order valence-corrected chi connectivity index (χ4v) is 3.25. The van der Waals surface area contributed by atoms with Crippen LogP contribution in [-0.2, 0) is 11.8 Å². The molecule has 3 rings (SSSR count). The maximum absolute atomic E-state index is 6.40. The number of hydrogen-bond donors (Lipinski definition) is 1. The van der Waals surface area contributed by atoms with Crippen LogP contribution in [0.2, 0.25) is 0 Å². The molecule has 110 valence electrons. The fourth-order valence-electron chi connectivity index (χ4n) is 2.80. The molecule has 21 heavy (non-hydrogen) atoms. The van der Waals surface area contributed by atoms with Crippen molar-refractivity contribution >= 4 is 15.9 Å². The number of benzene rings is 2. The van der Waals surface area contributed by atoms with Crippen LogP contribution >= 0.6 is 15.9 Å². The monoisotopic (exact) mass is 345 g/mol. The maximum atomic E-state index is 6.40. The van der Waals surface area contributed by atoms with Crippen molar-refractivity contribution < 1.29 is 4.74 Å². The van der Waals surface area contributed by atoms with Gasteiger partial charge in [-0.3, -0.25) is 0 Å². The van der Waals surface area contributed by atoms with Gasteiger partial charge >= 0.3 is 0 Å². The molecule has 0 radical (unpaired) electrons.